The van der Waals surface area contributed by atoms with Crippen LogP contribution in [0.4, 0.5) is 0 Å². The van der Waals surface area contributed by atoms with Crippen molar-refractivity contribution in [2.24, 2.45) is 7.05 Å². The average molecular weight is 310 g/mol. The van der Waals surface area contributed by atoms with Gasteiger partial charge in [-0.3, -0.25) is 0 Å². The number of methoxy groups -OCH3 is 1. The van der Waals surface area contributed by atoms with Crippen molar-refractivity contribution >= 4 is 21.9 Å². The average Bonchev–Trinajstić information content (AvgIpc) is 2.72. The highest BCUT2D eigenvalue weighted by molar-refractivity contribution is 9.10. The third-order valence-electron chi connectivity index (χ3n) is 2.79. The summed E-state index contributed by atoms with van der Waals surface area (Å²) in [5, 5.41) is 9.04. The van der Waals surface area contributed by atoms with Crippen molar-refractivity contribution in [3.63, 3.8) is 0 Å². The van der Waals surface area contributed by atoms with E-state index in [2.05, 4.69) is 15.9 Å². The first kappa shape index (κ1) is 12.7. The van der Waals surface area contributed by atoms with Gasteiger partial charge in [-0.1, -0.05) is 15.9 Å². The summed E-state index contributed by atoms with van der Waals surface area (Å²) in [5.41, 5.74) is 1.96. The Morgan fingerprint density at radius 3 is 2.61 bits per heavy atom. The quantitative estimate of drug-likeness (QED) is 0.947. The maximum absolute atomic E-state index is 11.0. The van der Waals surface area contributed by atoms with E-state index in [0.717, 1.165) is 21.5 Å². The van der Waals surface area contributed by atoms with Gasteiger partial charge in [0.05, 0.1) is 7.11 Å². The standard InChI is InChI=1S/C13H12BrNO3/c1-15-11(5-6-12(15)13(16)17)9-7-8(18-2)3-4-10(9)14/h3-7H,1-2H3,(H,16,17). The molecule has 0 spiro atoms. The molecule has 2 rings (SSSR count). The highest BCUT2D eigenvalue weighted by Gasteiger charge is 2.14. The Balaban J connectivity index is 2.58. The van der Waals surface area contributed by atoms with Crippen molar-refractivity contribution in [1.82, 2.24) is 4.57 Å². The van der Waals surface area contributed by atoms with Gasteiger partial charge in [-0.25, -0.2) is 4.79 Å². The van der Waals surface area contributed by atoms with E-state index < -0.39 is 5.97 Å². The number of carboxylic acid groups (broad SMARTS) is 1. The molecule has 0 saturated heterocycles. The molecule has 0 amide bonds. The van der Waals surface area contributed by atoms with E-state index in [1.807, 2.05) is 18.2 Å². The van der Waals surface area contributed by atoms with Crippen LogP contribution in [0.5, 0.6) is 5.75 Å². The molecule has 18 heavy (non-hydrogen) atoms. The first-order valence-electron chi connectivity index (χ1n) is 5.27. The molecule has 1 heterocycles. The minimum Gasteiger partial charge on any atom is -0.497 e. The molecule has 0 atom stereocenters. The third kappa shape index (κ3) is 2.13. The van der Waals surface area contributed by atoms with Crippen LogP contribution in [0.2, 0.25) is 0 Å². The largest absolute Gasteiger partial charge is 0.497 e. The zero-order valence-corrected chi connectivity index (χ0v) is 11.6. The molecule has 0 fully saturated rings. The van der Waals surface area contributed by atoms with Crippen LogP contribution in [0.25, 0.3) is 11.3 Å². The summed E-state index contributed by atoms with van der Waals surface area (Å²) in [6.45, 7) is 0. The predicted octanol–water partition coefficient (Wildman–Crippen LogP) is 3.16. The summed E-state index contributed by atoms with van der Waals surface area (Å²) in [6, 6.07) is 8.95. The normalized spacial score (nSPS) is 10.4. The van der Waals surface area contributed by atoms with Gasteiger partial charge in [0, 0.05) is 22.8 Å². The Labute approximate surface area is 113 Å². The fourth-order valence-electron chi connectivity index (χ4n) is 1.82. The van der Waals surface area contributed by atoms with Gasteiger partial charge >= 0.3 is 5.97 Å². The van der Waals surface area contributed by atoms with Crippen LogP contribution in [-0.2, 0) is 7.05 Å². The van der Waals surface area contributed by atoms with Crippen molar-refractivity contribution in [3.05, 3.63) is 40.5 Å². The highest BCUT2D eigenvalue weighted by atomic mass is 79.9. The van der Waals surface area contributed by atoms with Gasteiger partial charge in [-0.2, -0.15) is 0 Å². The molecule has 0 saturated carbocycles. The highest BCUT2D eigenvalue weighted by Crippen LogP contribution is 2.32. The second-order valence-electron chi connectivity index (χ2n) is 3.81. The number of carboxylic acids is 1. The van der Waals surface area contributed by atoms with E-state index in [0.29, 0.717) is 0 Å². The summed E-state index contributed by atoms with van der Waals surface area (Å²) in [4.78, 5) is 11.0. The number of aromatic nitrogens is 1. The molecule has 0 radical (unpaired) electrons. The van der Waals surface area contributed by atoms with E-state index in [-0.39, 0.29) is 5.69 Å². The van der Waals surface area contributed by atoms with Crippen LogP contribution in [0, 0.1) is 0 Å². The van der Waals surface area contributed by atoms with E-state index in [4.69, 9.17) is 9.84 Å². The van der Waals surface area contributed by atoms with Gasteiger partial charge in [0.2, 0.25) is 0 Å². The van der Waals surface area contributed by atoms with E-state index >= 15 is 0 Å². The summed E-state index contributed by atoms with van der Waals surface area (Å²) >= 11 is 3.46. The van der Waals surface area contributed by atoms with Crippen LogP contribution >= 0.6 is 15.9 Å². The number of ether oxygens (including phenoxy) is 1. The lowest BCUT2D eigenvalue weighted by atomic mass is 10.1. The van der Waals surface area contributed by atoms with Crippen LogP contribution < -0.4 is 4.74 Å². The monoisotopic (exact) mass is 309 g/mol. The zero-order valence-electron chi connectivity index (χ0n) is 9.98. The number of hydrogen-bond donors (Lipinski definition) is 1. The number of benzene rings is 1. The van der Waals surface area contributed by atoms with Crippen LogP contribution in [0.15, 0.2) is 34.8 Å². The SMILES string of the molecule is COc1ccc(Br)c(-c2ccc(C(=O)O)n2C)c1. The van der Waals surface area contributed by atoms with Crippen LogP contribution in [0.1, 0.15) is 10.5 Å². The molecule has 94 valence electrons. The molecule has 5 heteroatoms. The Bertz CT molecular complexity index is 604. The number of hydrogen-bond acceptors (Lipinski definition) is 2. The summed E-state index contributed by atoms with van der Waals surface area (Å²) in [6.07, 6.45) is 0. The zero-order chi connectivity index (χ0) is 13.3. The first-order chi connectivity index (χ1) is 8.54. The fraction of sp³-hybridized carbons (Fsp3) is 0.154. The Morgan fingerprint density at radius 2 is 2.06 bits per heavy atom. The number of aromatic carboxylic acids is 1. The summed E-state index contributed by atoms with van der Waals surface area (Å²) in [7, 11) is 3.32. The molecule has 0 aliphatic rings. The van der Waals surface area contributed by atoms with Crippen molar-refractivity contribution in [3.8, 4) is 17.0 Å². The lowest BCUT2D eigenvalue weighted by Gasteiger charge is -2.09. The molecular formula is C13H12BrNO3. The van der Waals surface area contributed by atoms with Crippen LogP contribution in [-0.4, -0.2) is 22.8 Å². The summed E-state index contributed by atoms with van der Waals surface area (Å²) in [5.74, 6) is -0.214. The van der Waals surface area contributed by atoms with E-state index in [1.165, 1.54) is 0 Å². The van der Waals surface area contributed by atoms with Crippen molar-refractivity contribution in [2.75, 3.05) is 7.11 Å². The van der Waals surface area contributed by atoms with Crippen LogP contribution in [0.3, 0.4) is 0 Å². The second-order valence-corrected chi connectivity index (χ2v) is 4.67. The maximum atomic E-state index is 11.0. The first-order valence-corrected chi connectivity index (χ1v) is 6.07. The van der Waals surface area contributed by atoms with E-state index in [1.54, 1.807) is 30.9 Å². The Kier molecular flexibility index (Phi) is 3.43. The molecule has 2 aromatic rings. The second kappa shape index (κ2) is 4.86. The van der Waals surface area contributed by atoms with Gasteiger partial charge < -0.3 is 14.4 Å². The molecular weight excluding hydrogens is 298 g/mol. The third-order valence-corrected chi connectivity index (χ3v) is 3.48. The molecule has 0 bridgehead atoms. The van der Waals surface area contributed by atoms with Crippen molar-refractivity contribution < 1.29 is 14.6 Å². The molecule has 1 aromatic heterocycles. The topological polar surface area (TPSA) is 51.5 Å². The van der Waals surface area contributed by atoms with Gasteiger partial charge in [0.15, 0.2) is 0 Å². The summed E-state index contributed by atoms with van der Waals surface area (Å²) < 4.78 is 7.71. The predicted molar refractivity (Wildman–Crippen MR) is 72.1 cm³/mol. The number of halogens is 1. The number of carbonyl (C=O) groups is 1. The van der Waals surface area contributed by atoms with Gasteiger partial charge in [-0.05, 0) is 30.3 Å². The molecule has 1 aromatic carbocycles. The Hall–Kier alpha value is -1.75. The Morgan fingerprint density at radius 1 is 1.33 bits per heavy atom. The fourth-order valence-corrected chi connectivity index (χ4v) is 2.27. The molecule has 4 nitrogen and oxygen atoms in total. The molecule has 0 aliphatic carbocycles. The minimum atomic E-state index is -0.942. The molecule has 1 N–H and O–H groups in total. The number of nitrogens with zero attached hydrogens (tertiary/aromatic N) is 1. The van der Waals surface area contributed by atoms with E-state index in [9.17, 15) is 4.79 Å². The smallest absolute Gasteiger partial charge is 0.352 e. The molecule has 0 aliphatic heterocycles. The number of rotatable bonds is 3. The minimum absolute atomic E-state index is 0.250. The van der Waals surface area contributed by atoms with Gasteiger partial charge in [0.25, 0.3) is 0 Å². The van der Waals surface area contributed by atoms with Crippen molar-refractivity contribution in [2.45, 2.75) is 0 Å². The lowest BCUT2D eigenvalue weighted by molar-refractivity contribution is 0.0687. The molecule has 0 unspecified atom stereocenters. The lowest BCUT2D eigenvalue weighted by Crippen LogP contribution is -2.05. The van der Waals surface area contributed by atoms with Crippen molar-refractivity contribution in [1.29, 1.82) is 0 Å². The maximum Gasteiger partial charge on any atom is 0.352 e. The van der Waals surface area contributed by atoms with Gasteiger partial charge in [0.1, 0.15) is 11.4 Å². The van der Waals surface area contributed by atoms with Gasteiger partial charge in [-0.15, -0.1) is 0 Å².